The summed E-state index contributed by atoms with van der Waals surface area (Å²) < 4.78 is 5.55. The third-order valence-electron chi connectivity index (χ3n) is 2.21. The zero-order valence-electron chi connectivity index (χ0n) is 9.62. The molecule has 82 valence electrons. The molecule has 0 N–H and O–H groups in total. The fourth-order valence-corrected chi connectivity index (χ4v) is 2.33. The number of carbonyl (C=O) groups is 1. The van der Waals surface area contributed by atoms with Crippen LogP contribution in [0.3, 0.4) is 0 Å². The number of aryl methyl sites for hydroxylation is 1. The van der Waals surface area contributed by atoms with Gasteiger partial charge < -0.3 is 4.42 Å². The van der Waals surface area contributed by atoms with Gasteiger partial charge in [-0.15, -0.1) is 0 Å². The highest BCUT2D eigenvalue weighted by Crippen LogP contribution is 2.08. The SMILES string of the molecule is C[Si](C)(C)c1cc(CC/C=C/C=O)co1. The second-order valence-electron chi connectivity index (χ2n) is 4.67. The van der Waals surface area contributed by atoms with Gasteiger partial charge >= 0.3 is 0 Å². The lowest BCUT2D eigenvalue weighted by molar-refractivity contribution is -0.104. The van der Waals surface area contributed by atoms with E-state index in [2.05, 4.69) is 25.7 Å². The number of allylic oxidation sites excluding steroid dienone is 2. The molecule has 1 heterocycles. The topological polar surface area (TPSA) is 30.2 Å². The van der Waals surface area contributed by atoms with Crippen molar-refractivity contribution in [2.75, 3.05) is 0 Å². The van der Waals surface area contributed by atoms with Gasteiger partial charge in [0.2, 0.25) is 0 Å². The second-order valence-corrected chi connectivity index (χ2v) is 9.66. The molecule has 0 bridgehead atoms. The molecule has 0 aliphatic carbocycles. The van der Waals surface area contributed by atoms with Crippen molar-refractivity contribution >= 4 is 19.7 Å². The highest BCUT2D eigenvalue weighted by molar-refractivity contribution is 6.87. The summed E-state index contributed by atoms with van der Waals surface area (Å²) in [6.45, 7) is 6.80. The van der Waals surface area contributed by atoms with Crippen molar-refractivity contribution in [3.8, 4) is 0 Å². The van der Waals surface area contributed by atoms with Gasteiger partial charge in [-0.2, -0.15) is 0 Å². The van der Waals surface area contributed by atoms with Gasteiger partial charge in [0, 0.05) is 0 Å². The Labute approximate surface area is 92.0 Å². The normalized spacial score (nSPS) is 12.2. The molecule has 2 nitrogen and oxygen atoms in total. The predicted octanol–water partition coefficient (Wildman–Crippen LogP) is 2.51. The molecule has 0 amide bonds. The van der Waals surface area contributed by atoms with Gasteiger partial charge in [-0.1, -0.05) is 25.7 Å². The van der Waals surface area contributed by atoms with Crippen LogP contribution in [0.25, 0.3) is 0 Å². The quantitative estimate of drug-likeness (QED) is 0.435. The lowest BCUT2D eigenvalue weighted by Crippen LogP contribution is -2.36. The number of hydrogen-bond acceptors (Lipinski definition) is 2. The van der Waals surface area contributed by atoms with E-state index in [0.717, 1.165) is 24.5 Å². The highest BCUT2D eigenvalue weighted by atomic mass is 28.3. The molecule has 0 radical (unpaired) electrons. The van der Waals surface area contributed by atoms with Gasteiger partial charge in [0.1, 0.15) is 14.4 Å². The zero-order valence-corrected chi connectivity index (χ0v) is 10.6. The third-order valence-corrected chi connectivity index (χ3v) is 3.95. The first-order valence-electron chi connectivity index (χ1n) is 5.22. The van der Waals surface area contributed by atoms with Crippen LogP contribution in [0.5, 0.6) is 0 Å². The van der Waals surface area contributed by atoms with Gasteiger partial charge in [0.25, 0.3) is 0 Å². The minimum absolute atomic E-state index is 0.808. The Morgan fingerprint density at radius 3 is 2.67 bits per heavy atom. The molecule has 1 rings (SSSR count). The van der Waals surface area contributed by atoms with Gasteiger partial charge in [-0.3, -0.25) is 4.79 Å². The van der Waals surface area contributed by atoms with Crippen LogP contribution < -0.4 is 5.38 Å². The smallest absolute Gasteiger partial charge is 0.142 e. The maximum absolute atomic E-state index is 10.1. The number of carbonyl (C=O) groups excluding carboxylic acids is 1. The van der Waals surface area contributed by atoms with E-state index in [1.54, 1.807) is 6.08 Å². The van der Waals surface area contributed by atoms with Crippen LogP contribution in [0.1, 0.15) is 12.0 Å². The fourth-order valence-electron chi connectivity index (χ4n) is 1.30. The molecule has 0 spiro atoms. The Balaban J connectivity index is 2.54. The van der Waals surface area contributed by atoms with Crippen LogP contribution in [0.2, 0.25) is 19.6 Å². The van der Waals surface area contributed by atoms with Crippen LogP contribution >= 0.6 is 0 Å². The van der Waals surface area contributed by atoms with E-state index in [1.165, 1.54) is 5.56 Å². The molecule has 0 aromatic carbocycles. The fraction of sp³-hybridized carbons (Fsp3) is 0.417. The summed E-state index contributed by atoms with van der Waals surface area (Å²) in [6, 6.07) is 2.15. The van der Waals surface area contributed by atoms with Crippen molar-refractivity contribution in [2.24, 2.45) is 0 Å². The highest BCUT2D eigenvalue weighted by Gasteiger charge is 2.20. The van der Waals surface area contributed by atoms with Gasteiger partial charge in [0.15, 0.2) is 0 Å². The summed E-state index contributed by atoms with van der Waals surface area (Å²) in [5, 5.41) is 1.15. The Kier molecular flexibility index (Phi) is 4.09. The van der Waals surface area contributed by atoms with Crippen molar-refractivity contribution < 1.29 is 9.21 Å². The van der Waals surface area contributed by atoms with Crippen molar-refractivity contribution in [2.45, 2.75) is 32.5 Å². The first-order valence-corrected chi connectivity index (χ1v) is 8.72. The van der Waals surface area contributed by atoms with E-state index >= 15 is 0 Å². The van der Waals surface area contributed by atoms with Gasteiger partial charge in [-0.05, 0) is 30.5 Å². The predicted molar refractivity (Wildman–Crippen MR) is 65.2 cm³/mol. The molecular weight excluding hydrogens is 204 g/mol. The lowest BCUT2D eigenvalue weighted by Gasteiger charge is -2.10. The largest absolute Gasteiger partial charge is 0.474 e. The first-order chi connectivity index (χ1) is 7.04. The second kappa shape index (κ2) is 5.12. The average Bonchev–Trinajstić information content (AvgIpc) is 2.60. The van der Waals surface area contributed by atoms with E-state index in [1.807, 2.05) is 12.3 Å². The monoisotopic (exact) mass is 222 g/mol. The Morgan fingerprint density at radius 1 is 1.40 bits per heavy atom. The maximum Gasteiger partial charge on any atom is 0.142 e. The molecule has 0 atom stereocenters. The molecule has 0 saturated heterocycles. The van der Waals surface area contributed by atoms with Crippen molar-refractivity contribution in [1.82, 2.24) is 0 Å². The molecular formula is C12H18O2Si. The van der Waals surface area contributed by atoms with E-state index in [9.17, 15) is 4.79 Å². The molecule has 15 heavy (non-hydrogen) atoms. The van der Waals surface area contributed by atoms with Crippen LogP contribution in [0.4, 0.5) is 0 Å². The molecule has 0 unspecified atom stereocenters. The minimum Gasteiger partial charge on any atom is -0.474 e. The van der Waals surface area contributed by atoms with Crippen LogP contribution in [0, 0.1) is 0 Å². The Hall–Kier alpha value is -1.09. The summed E-state index contributed by atoms with van der Waals surface area (Å²) in [4.78, 5) is 10.1. The lowest BCUT2D eigenvalue weighted by atomic mass is 10.2. The van der Waals surface area contributed by atoms with E-state index < -0.39 is 8.07 Å². The van der Waals surface area contributed by atoms with E-state index in [-0.39, 0.29) is 0 Å². The minimum atomic E-state index is -1.31. The van der Waals surface area contributed by atoms with Crippen molar-refractivity contribution in [3.63, 3.8) is 0 Å². The van der Waals surface area contributed by atoms with E-state index in [4.69, 9.17) is 4.42 Å². The maximum atomic E-state index is 10.1. The molecule has 1 aromatic heterocycles. The summed E-state index contributed by atoms with van der Waals surface area (Å²) >= 11 is 0. The Bertz CT molecular complexity index is 345. The zero-order chi connectivity index (χ0) is 11.3. The third kappa shape index (κ3) is 3.87. The van der Waals surface area contributed by atoms with Gasteiger partial charge in [-0.25, -0.2) is 0 Å². The van der Waals surface area contributed by atoms with Crippen LogP contribution in [-0.2, 0) is 11.2 Å². The molecule has 0 aliphatic heterocycles. The van der Waals surface area contributed by atoms with Crippen LogP contribution in [0.15, 0.2) is 28.9 Å². The van der Waals surface area contributed by atoms with Crippen molar-refractivity contribution in [3.05, 3.63) is 30.0 Å². The summed E-state index contributed by atoms with van der Waals surface area (Å²) in [6.07, 6.45) is 7.90. The molecule has 3 heteroatoms. The summed E-state index contributed by atoms with van der Waals surface area (Å²) in [5.74, 6) is 0. The molecule has 0 fully saturated rings. The molecule has 1 aromatic rings. The molecule has 0 saturated carbocycles. The standard InChI is InChI=1S/C12H18O2Si/c1-15(2,3)12-9-11(10-14-12)7-5-4-6-8-13/h4,6,8-10H,5,7H2,1-3H3/b6-4+. The summed E-state index contributed by atoms with van der Waals surface area (Å²) in [5.41, 5.74) is 1.22. The van der Waals surface area contributed by atoms with E-state index in [0.29, 0.717) is 0 Å². The number of aldehydes is 1. The number of hydrogen-bond donors (Lipinski definition) is 0. The van der Waals surface area contributed by atoms with Gasteiger partial charge in [0.05, 0.1) is 11.6 Å². The van der Waals surface area contributed by atoms with Crippen molar-refractivity contribution in [1.29, 1.82) is 0 Å². The summed E-state index contributed by atoms with van der Waals surface area (Å²) in [7, 11) is -1.31. The average molecular weight is 222 g/mol. The first kappa shape index (κ1) is 12.0. The Morgan fingerprint density at radius 2 is 2.13 bits per heavy atom. The van der Waals surface area contributed by atoms with Crippen LogP contribution in [-0.4, -0.2) is 14.4 Å². The molecule has 0 aliphatic rings. The number of rotatable bonds is 5. The number of furan rings is 1.